The van der Waals surface area contributed by atoms with E-state index in [4.69, 9.17) is 0 Å². The first kappa shape index (κ1) is 14.8. The molecule has 1 aliphatic heterocycles. The maximum Gasteiger partial charge on any atom is 0.185 e. The van der Waals surface area contributed by atoms with E-state index in [1.54, 1.807) is 0 Å². The van der Waals surface area contributed by atoms with E-state index in [2.05, 4.69) is 48.0 Å². The van der Waals surface area contributed by atoms with E-state index in [1.165, 1.54) is 22.9 Å². The van der Waals surface area contributed by atoms with Gasteiger partial charge in [0, 0.05) is 36.2 Å². The van der Waals surface area contributed by atoms with Crippen LogP contribution < -0.4 is 10.2 Å². The fraction of sp³-hybridized carbons (Fsp3) is 0.786. The molecule has 0 bridgehead atoms. The molecule has 1 N–H and O–H groups in total. The van der Waals surface area contributed by atoms with Gasteiger partial charge >= 0.3 is 0 Å². The molecule has 0 radical (unpaired) electrons. The summed E-state index contributed by atoms with van der Waals surface area (Å²) in [4.78, 5) is 10.7. The number of hydrogen-bond acceptors (Lipinski definition) is 5. The van der Waals surface area contributed by atoms with Crippen LogP contribution >= 0.6 is 11.3 Å². The van der Waals surface area contributed by atoms with Crippen molar-refractivity contribution in [2.24, 2.45) is 0 Å². The Morgan fingerprint density at radius 3 is 3.00 bits per heavy atom. The quantitative estimate of drug-likeness (QED) is 0.868. The Hall–Kier alpha value is -0.650. The Kier molecular flexibility index (Phi) is 5.19. The Bertz CT molecular complexity index is 391. The zero-order valence-electron chi connectivity index (χ0n) is 12.5. The minimum absolute atomic E-state index is 0.415. The van der Waals surface area contributed by atoms with E-state index >= 15 is 0 Å². The third kappa shape index (κ3) is 3.68. The van der Waals surface area contributed by atoms with Gasteiger partial charge in [-0.2, -0.15) is 0 Å². The van der Waals surface area contributed by atoms with Gasteiger partial charge in [0.1, 0.15) is 0 Å². The van der Waals surface area contributed by atoms with Gasteiger partial charge in [-0.3, -0.25) is 0 Å². The van der Waals surface area contributed by atoms with Gasteiger partial charge in [0.2, 0.25) is 0 Å². The third-order valence-electron chi connectivity index (χ3n) is 3.80. The molecule has 0 aliphatic carbocycles. The zero-order chi connectivity index (χ0) is 13.8. The molecule has 2 unspecified atom stereocenters. The lowest BCUT2D eigenvalue weighted by Gasteiger charge is -2.19. The van der Waals surface area contributed by atoms with Crippen molar-refractivity contribution in [3.8, 4) is 0 Å². The molecular formula is C14H26N4S. The molecule has 2 atom stereocenters. The molecule has 1 aromatic rings. The molecule has 2 heterocycles. The summed E-state index contributed by atoms with van der Waals surface area (Å²) in [7, 11) is 4.33. The van der Waals surface area contributed by atoms with Crippen molar-refractivity contribution in [2.45, 2.75) is 38.8 Å². The van der Waals surface area contributed by atoms with E-state index in [-0.39, 0.29) is 0 Å². The lowest BCUT2D eigenvalue weighted by atomic mass is 10.2. The third-order valence-corrected chi connectivity index (χ3v) is 5.04. The molecule has 4 nitrogen and oxygen atoms in total. The molecule has 1 saturated heterocycles. The van der Waals surface area contributed by atoms with Crippen molar-refractivity contribution in [2.75, 3.05) is 38.6 Å². The number of anilines is 1. The molecule has 0 saturated carbocycles. The van der Waals surface area contributed by atoms with Crippen LogP contribution in [0.1, 0.15) is 37.6 Å². The average molecular weight is 282 g/mol. The molecule has 0 aromatic carbocycles. The highest BCUT2D eigenvalue weighted by Crippen LogP contribution is 2.30. The van der Waals surface area contributed by atoms with Crippen molar-refractivity contribution >= 4 is 16.5 Å². The van der Waals surface area contributed by atoms with Crippen LogP contribution in [-0.4, -0.2) is 49.7 Å². The standard InChI is InChI=1S/C14H26N4S/c1-5-7-15-11(2)13-9-16-14(19-13)18-8-6-12(10-18)17(3)4/h9,11-12,15H,5-8,10H2,1-4H3. The van der Waals surface area contributed by atoms with Gasteiger partial charge in [0.25, 0.3) is 0 Å². The lowest BCUT2D eigenvalue weighted by molar-refractivity contribution is 0.315. The monoisotopic (exact) mass is 282 g/mol. The lowest BCUT2D eigenvalue weighted by Crippen LogP contribution is -2.31. The van der Waals surface area contributed by atoms with Gasteiger partial charge in [-0.05, 0) is 40.4 Å². The maximum atomic E-state index is 4.61. The van der Waals surface area contributed by atoms with Crippen LogP contribution in [-0.2, 0) is 0 Å². The van der Waals surface area contributed by atoms with Gasteiger partial charge in [0.15, 0.2) is 5.13 Å². The van der Waals surface area contributed by atoms with Gasteiger partial charge < -0.3 is 15.1 Å². The van der Waals surface area contributed by atoms with Crippen LogP contribution in [0.2, 0.25) is 0 Å². The van der Waals surface area contributed by atoms with Crippen molar-refractivity contribution in [1.29, 1.82) is 0 Å². The number of rotatable bonds is 6. The predicted octanol–water partition coefficient (Wildman–Crippen LogP) is 2.34. The maximum absolute atomic E-state index is 4.61. The van der Waals surface area contributed by atoms with Crippen molar-refractivity contribution in [3.63, 3.8) is 0 Å². The summed E-state index contributed by atoms with van der Waals surface area (Å²) < 4.78 is 0. The summed E-state index contributed by atoms with van der Waals surface area (Å²) in [5.74, 6) is 0. The number of thiazole rings is 1. The Balaban J connectivity index is 1.94. The topological polar surface area (TPSA) is 31.4 Å². The fourth-order valence-corrected chi connectivity index (χ4v) is 3.40. The second-order valence-electron chi connectivity index (χ2n) is 5.57. The molecule has 2 rings (SSSR count). The summed E-state index contributed by atoms with van der Waals surface area (Å²) >= 11 is 1.84. The minimum Gasteiger partial charge on any atom is -0.346 e. The Labute approximate surface area is 120 Å². The second-order valence-corrected chi connectivity index (χ2v) is 6.61. The number of likely N-dealkylation sites (N-methyl/N-ethyl adjacent to an activating group) is 1. The van der Waals surface area contributed by atoms with Crippen molar-refractivity contribution < 1.29 is 0 Å². The van der Waals surface area contributed by atoms with Crippen LogP contribution in [0.5, 0.6) is 0 Å². The molecular weight excluding hydrogens is 256 g/mol. The zero-order valence-corrected chi connectivity index (χ0v) is 13.3. The first-order valence-corrected chi connectivity index (χ1v) is 8.04. The van der Waals surface area contributed by atoms with Crippen molar-refractivity contribution in [3.05, 3.63) is 11.1 Å². The normalized spacial score (nSPS) is 21.3. The van der Waals surface area contributed by atoms with Gasteiger partial charge in [-0.15, -0.1) is 11.3 Å². The second kappa shape index (κ2) is 6.68. The molecule has 108 valence electrons. The smallest absolute Gasteiger partial charge is 0.185 e. The largest absolute Gasteiger partial charge is 0.346 e. The summed E-state index contributed by atoms with van der Waals surface area (Å²) in [5.41, 5.74) is 0. The SMILES string of the molecule is CCCNC(C)c1cnc(N2CCC(N(C)C)C2)s1. The van der Waals surface area contributed by atoms with Crippen LogP contribution in [0.4, 0.5) is 5.13 Å². The van der Waals surface area contributed by atoms with Gasteiger partial charge in [-0.25, -0.2) is 4.98 Å². The summed E-state index contributed by atoms with van der Waals surface area (Å²) in [5, 5.41) is 4.71. The van der Waals surface area contributed by atoms with Gasteiger partial charge in [0.05, 0.1) is 0 Å². The Morgan fingerprint density at radius 1 is 1.58 bits per heavy atom. The molecule has 1 aromatic heterocycles. The van der Waals surface area contributed by atoms with Crippen LogP contribution in [0.15, 0.2) is 6.20 Å². The molecule has 0 amide bonds. The first-order valence-electron chi connectivity index (χ1n) is 7.22. The fourth-order valence-electron chi connectivity index (χ4n) is 2.42. The molecule has 19 heavy (non-hydrogen) atoms. The highest BCUT2D eigenvalue weighted by atomic mass is 32.1. The van der Waals surface area contributed by atoms with E-state index < -0.39 is 0 Å². The average Bonchev–Trinajstić information content (AvgIpc) is 3.03. The number of hydrogen-bond donors (Lipinski definition) is 1. The highest BCUT2D eigenvalue weighted by Gasteiger charge is 2.26. The summed E-state index contributed by atoms with van der Waals surface area (Å²) in [6, 6.07) is 1.08. The van der Waals surface area contributed by atoms with Crippen LogP contribution in [0, 0.1) is 0 Å². The molecule has 0 spiro atoms. The molecule has 1 fully saturated rings. The first-order chi connectivity index (χ1) is 9.11. The molecule has 1 aliphatic rings. The highest BCUT2D eigenvalue weighted by molar-refractivity contribution is 7.15. The predicted molar refractivity (Wildman–Crippen MR) is 83.1 cm³/mol. The summed E-state index contributed by atoms with van der Waals surface area (Å²) in [6.07, 6.45) is 4.45. The number of nitrogens with one attached hydrogen (secondary N) is 1. The molecule has 5 heteroatoms. The van der Waals surface area contributed by atoms with E-state index in [9.17, 15) is 0 Å². The van der Waals surface area contributed by atoms with E-state index in [0.29, 0.717) is 12.1 Å². The van der Waals surface area contributed by atoms with E-state index in [1.807, 2.05) is 17.5 Å². The van der Waals surface area contributed by atoms with Crippen LogP contribution in [0.3, 0.4) is 0 Å². The Morgan fingerprint density at radius 2 is 2.37 bits per heavy atom. The van der Waals surface area contributed by atoms with Crippen molar-refractivity contribution in [1.82, 2.24) is 15.2 Å². The van der Waals surface area contributed by atoms with Gasteiger partial charge in [-0.1, -0.05) is 6.92 Å². The number of aromatic nitrogens is 1. The number of nitrogens with zero attached hydrogens (tertiary/aromatic N) is 3. The summed E-state index contributed by atoms with van der Waals surface area (Å²) in [6.45, 7) is 7.73. The minimum atomic E-state index is 0.415. The van der Waals surface area contributed by atoms with Crippen LogP contribution in [0.25, 0.3) is 0 Å². The van der Waals surface area contributed by atoms with E-state index in [0.717, 1.165) is 19.6 Å².